The lowest BCUT2D eigenvalue weighted by molar-refractivity contribution is -0.0929. The zero-order valence-electron chi connectivity index (χ0n) is 7.89. The van der Waals surface area contributed by atoms with Crippen LogP contribution in [-0.4, -0.2) is 36.8 Å². The maximum Gasteiger partial charge on any atom is 0.0427 e. The van der Waals surface area contributed by atoms with E-state index in [-0.39, 0.29) is 5.54 Å². The van der Waals surface area contributed by atoms with Gasteiger partial charge in [-0.1, -0.05) is 0 Å². The van der Waals surface area contributed by atoms with E-state index in [4.69, 9.17) is 0 Å². The van der Waals surface area contributed by atoms with Gasteiger partial charge in [-0.25, -0.2) is 10.4 Å². The Kier molecular flexibility index (Phi) is 3.28. The molecule has 3 heteroatoms. The summed E-state index contributed by atoms with van der Waals surface area (Å²) in [6.07, 6.45) is 0. The van der Waals surface area contributed by atoms with Crippen LogP contribution in [-0.2, 0) is 0 Å². The highest BCUT2D eigenvalue weighted by Gasteiger charge is 2.21. The van der Waals surface area contributed by atoms with Gasteiger partial charge in [-0.05, 0) is 20.8 Å². The third-order valence-electron chi connectivity index (χ3n) is 1.25. The third kappa shape index (κ3) is 2.64. The van der Waals surface area contributed by atoms with Crippen LogP contribution in [0.5, 0.6) is 0 Å². The Morgan fingerprint density at radius 1 is 1.10 bits per heavy atom. The molecule has 0 fully saturated rings. The highest BCUT2D eigenvalue weighted by Crippen LogP contribution is 2.09. The van der Waals surface area contributed by atoms with Crippen molar-refractivity contribution in [2.75, 3.05) is 21.1 Å². The monoisotopic (exact) mass is 145 g/mol. The number of nitrogens with one attached hydrogen (secondary N) is 1. The Morgan fingerprint density at radius 3 is 1.50 bits per heavy atom. The number of nitrogens with zero attached hydrogens (tertiary/aromatic N) is 2. The van der Waals surface area contributed by atoms with Crippen LogP contribution in [0.25, 0.3) is 0 Å². The molecule has 0 aliphatic heterocycles. The van der Waals surface area contributed by atoms with Gasteiger partial charge in [0.1, 0.15) is 0 Å². The van der Waals surface area contributed by atoms with Crippen LogP contribution in [0.4, 0.5) is 0 Å². The Morgan fingerprint density at radius 2 is 1.50 bits per heavy atom. The molecule has 0 aliphatic rings. The fraction of sp³-hybridized carbons (Fsp3) is 1.00. The van der Waals surface area contributed by atoms with E-state index in [1.54, 1.807) is 0 Å². The molecule has 0 saturated carbocycles. The normalized spacial score (nSPS) is 13.2. The first-order valence-electron chi connectivity index (χ1n) is 3.54. The van der Waals surface area contributed by atoms with Crippen LogP contribution in [0, 0.1) is 0 Å². The molecule has 1 N–H and O–H groups in total. The fourth-order valence-electron chi connectivity index (χ4n) is 1.14. The van der Waals surface area contributed by atoms with Crippen molar-refractivity contribution in [3.8, 4) is 0 Å². The molecule has 0 aliphatic carbocycles. The molecular formula is C7H19N3. The average Bonchev–Trinajstić information content (AvgIpc) is 1.60. The quantitative estimate of drug-likeness (QED) is 0.577. The molecule has 0 radical (unpaired) electrons. The summed E-state index contributed by atoms with van der Waals surface area (Å²) in [5.41, 5.74) is 3.24. The minimum absolute atomic E-state index is 0.137. The van der Waals surface area contributed by atoms with Gasteiger partial charge >= 0.3 is 0 Å². The predicted molar refractivity (Wildman–Crippen MR) is 44.3 cm³/mol. The summed E-state index contributed by atoms with van der Waals surface area (Å²) >= 11 is 0. The number of hydrazine groups is 2. The first-order valence-corrected chi connectivity index (χ1v) is 3.54. The molecule has 0 spiro atoms. The largest absolute Gasteiger partial charge is 0.244 e. The smallest absolute Gasteiger partial charge is 0.0427 e. The van der Waals surface area contributed by atoms with Gasteiger partial charge in [0.2, 0.25) is 0 Å². The van der Waals surface area contributed by atoms with E-state index in [1.165, 1.54) is 0 Å². The van der Waals surface area contributed by atoms with Crippen LogP contribution >= 0.6 is 0 Å². The van der Waals surface area contributed by atoms with Crippen molar-refractivity contribution in [2.45, 2.75) is 26.3 Å². The topological polar surface area (TPSA) is 18.5 Å². The van der Waals surface area contributed by atoms with Crippen molar-refractivity contribution < 1.29 is 0 Å². The van der Waals surface area contributed by atoms with Gasteiger partial charge < -0.3 is 0 Å². The van der Waals surface area contributed by atoms with E-state index >= 15 is 0 Å². The summed E-state index contributed by atoms with van der Waals surface area (Å²) < 4.78 is 0. The molecule has 0 bridgehead atoms. The Bertz CT molecular complexity index is 93.5. The number of hydrogen-bond acceptors (Lipinski definition) is 3. The SMILES string of the molecule is CNN(N(C)C)C(C)(C)C. The molecule has 0 saturated heterocycles. The summed E-state index contributed by atoms with van der Waals surface area (Å²) in [4.78, 5) is 0. The lowest BCUT2D eigenvalue weighted by Gasteiger charge is -2.38. The second-order valence-corrected chi connectivity index (χ2v) is 3.55. The van der Waals surface area contributed by atoms with Gasteiger partial charge in [0.05, 0.1) is 0 Å². The van der Waals surface area contributed by atoms with Gasteiger partial charge in [0, 0.05) is 26.7 Å². The van der Waals surface area contributed by atoms with Gasteiger partial charge in [-0.3, -0.25) is 0 Å². The molecule has 0 aromatic carbocycles. The maximum atomic E-state index is 3.10. The second-order valence-electron chi connectivity index (χ2n) is 3.55. The molecule has 0 amide bonds. The van der Waals surface area contributed by atoms with Crippen LogP contribution < -0.4 is 5.43 Å². The minimum Gasteiger partial charge on any atom is -0.244 e. The van der Waals surface area contributed by atoms with Crippen LogP contribution in [0.3, 0.4) is 0 Å². The fourth-order valence-corrected chi connectivity index (χ4v) is 1.14. The van der Waals surface area contributed by atoms with E-state index < -0.39 is 0 Å². The summed E-state index contributed by atoms with van der Waals surface area (Å²) in [5.74, 6) is 0. The van der Waals surface area contributed by atoms with Crippen molar-refractivity contribution in [2.24, 2.45) is 0 Å². The third-order valence-corrected chi connectivity index (χ3v) is 1.25. The maximum absolute atomic E-state index is 3.10. The molecular weight excluding hydrogens is 126 g/mol. The molecule has 0 aromatic rings. The zero-order valence-corrected chi connectivity index (χ0v) is 7.89. The summed E-state index contributed by atoms with van der Waals surface area (Å²) in [6.45, 7) is 6.47. The minimum atomic E-state index is 0.137. The molecule has 3 nitrogen and oxygen atoms in total. The lowest BCUT2D eigenvalue weighted by Crippen LogP contribution is -2.55. The highest BCUT2D eigenvalue weighted by molar-refractivity contribution is 4.68. The van der Waals surface area contributed by atoms with Crippen LogP contribution in [0.15, 0.2) is 0 Å². The van der Waals surface area contributed by atoms with Gasteiger partial charge in [0.15, 0.2) is 0 Å². The van der Waals surface area contributed by atoms with Gasteiger partial charge in [-0.15, -0.1) is 0 Å². The molecule has 0 aromatic heterocycles. The van der Waals surface area contributed by atoms with E-state index in [2.05, 4.69) is 31.3 Å². The highest BCUT2D eigenvalue weighted by atomic mass is 15.8. The Balaban J connectivity index is 4.07. The van der Waals surface area contributed by atoms with Crippen molar-refractivity contribution in [3.05, 3.63) is 0 Å². The lowest BCUT2D eigenvalue weighted by atomic mass is 10.1. The van der Waals surface area contributed by atoms with Crippen LogP contribution in [0.1, 0.15) is 20.8 Å². The van der Waals surface area contributed by atoms with E-state index in [9.17, 15) is 0 Å². The van der Waals surface area contributed by atoms with Crippen LogP contribution in [0.2, 0.25) is 0 Å². The molecule has 0 unspecified atom stereocenters. The van der Waals surface area contributed by atoms with Crippen molar-refractivity contribution in [1.82, 2.24) is 15.6 Å². The zero-order chi connectivity index (χ0) is 8.36. The molecule has 10 heavy (non-hydrogen) atoms. The van der Waals surface area contributed by atoms with Crippen molar-refractivity contribution in [3.63, 3.8) is 0 Å². The Labute approximate surface area is 63.9 Å². The molecule has 0 atom stereocenters. The summed E-state index contributed by atoms with van der Waals surface area (Å²) in [6, 6.07) is 0. The standard InChI is InChI=1S/C7H19N3/c1-7(2,3)10(8-4)9(5)6/h8H,1-6H3. The van der Waals surface area contributed by atoms with Gasteiger partial charge in [0.25, 0.3) is 0 Å². The van der Waals surface area contributed by atoms with E-state index in [1.807, 2.05) is 26.2 Å². The van der Waals surface area contributed by atoms with E-state index in [0.29, 0.717) is 0 Å². The average molecular weight is 145 g/mol. The number of rotatable bonds is 2. The summed E-state index contributed by atoms with van der Waals surface area (Å²) in [7, 11) is 5.95. The van der Waals surface area contributed by atoms with Gasteiger partial charge in [-0.2, -0.15) is 5.12 Å². The first kappa shape index (κ1) is 9.88. The predicted octanol–water partition coefficient (Wildman–Crippen LogP) is 0.698. The molecule has 62 valence electrons. The van der Waals surface area contributed by atoms with E-state index in [0.717, 1.165) is 0 Å². The second kappa shape index (κ2) is 3.32. The Hall–Kier alpha value is -0.120. The number of hydrogen-bond donors (Lipinski definition) is 1. The summed E-state index contributed by atoms with van der Waals surface area (Å²) in [5, 5.41) is 4.09. The molecule has 0 heterocycles. The first-order chi connectivity index (χ1) is 4.39. The van der Waals surface area contributed by atoms with Crippen molar-refractivity contribution in [1.29, 1.82) is 0 Å². The van der Waals surface area contributed by atoms with Crippen molar-refractivity contribution >= 4 is 0 Å². The molecule has 0 rings (SSSR count).